The van der Waals surface area contributed by atoms with Crippen LogP contribution in [0.25, 0.3) is 0 Å². The summed E-state index contributed by atoms with van der Waals surface area (Å²) in [4.78, 5) is 0. The van der Waals surface area contributed by atoms with Crippen molar-refractivity contribution in [3.63, 3.8) is 0 Å². The minimum absolute atomic E-state index is 0.248. The predicted octanol–water partition coefficient (Wildman–Crippen LogP) is 4.77. The molecule has 1 saturated carbocycles. The van der Waals surface area contributed by atoms with Crippen LogP contribution in [0.5, 0.6) is 0 Å². The Morgan fingerprint density at radius 2 is 1.22 bits per heavy atom. The number of hydrogen-bond acceptors (Lipinski definition) is 2. The van der Waals surface area contributed by atoms with Gasteiger partial charge in [0.15, 0.2) is 5.79 Å². The van der Waals surface area contributed by atoms with E-state index in [-0.39, 0.29) is 5.79 Å². The molecule has 0 bridgehead atoms. The van der Waals surface area contributed by atoms with Gasteiger partial charge in [0.1, 0.15) is 0 Å². The monoisotopic (exact) mass is 256 g/mol. The first kappa shape index (κ1) is 16.0. The van der Waals surface area contributed by atoms with Crippen molar-refractivity contribution >= 4 is 0 Å². The van der Waals surface area contributed by atoms with E-state index < -0.39 is 0 Å². The van der Waals surface area contributed by atoms with E-state index in [1.54, 1.807) is 0 Å². The van der Waals surface area contributed by atoms with Gasteiger partial charge in [-0.2, -0.15) is 0 Å². The molecule has 0 spiro atoms. The van der Waals surface area contributed by atoms with Crippen molar-refractivity contribution in [3.8, 4) is 0 Å². The van der Waals surface area contributed by atoms with E-state index in [1.807, 2.05) is 0 Å². The Kier molecular flexibility index (Phi) is 7.25. The predicted molar refractivity (Wildman–Crippen MR) is 76.6 cm³/mol. The van der Waals surface area contributed by atoms with Crippen molar-refractivity contribution in [2.75, 3.05) is 13.2 Å². The van der Waals surface area contributed by atoms with Crippen LogP contribution in [-0.2, 0) is 9.47 Å². The molecular weight excluding hydrogens is 224 g/mol. The van der Waals surface area contributed by atoms with Crippen LogP contribution < -0.4 is 0 Å². The summed E-state index contributed by atoms with van der Waals surface area (Å²) < 4.78 is 12.3. The van der Waals surface area contributed by atoms with Gasteiger partial charge in [0.05, 0.1) is 13.2 Å². The Labute approximate surface area is 113 Å². The molecule has 0 aromatic heterocycles. The van der Waals surface area contributed by atoms with E-state index in [0.717, 1.165) is 38.9 Å². The smallest absolute Gasteiger partial charge is 0.168 e. The van der Waals surface area contributed by atoms with Crippen LogP contribution in [0.2, 0.25) is 0 Å². The van der Waals surface area contributed by atoms with Crippen molar-refractivity contribution in [1.29, 1.82) is 0 Å². The van der Waals surface area contributed by atoms with Crippen molar-refractivity contribution in [2.45, 2.75) is 78.4 Å². The molecule has 0 amide bonds. The average Bonchev–Trinajstić information content (AvgIpc) is 2.29. The molecule has 0 unspecified atom stereocenters. The Balaban J connectivity index is 2.36. The lowest BCUT2D eigenvalue weighted by atomic mass is 9.94. The average molecular weight is 256 g/mol. The van der Waals surface area contributed by atoms with Gasteiger partial charge in [-0.05, 0) is 37.5 Å². The minimum Gasteiger partial charge on any atom is -0.350 e. The highest BCUT2D eigenvalue weighted by atomic mass is 16.7. The van der Waals surface area contributed by atoms with Crippen LogP contribution in [0.1, 0.15) is 72.6 Å². The van der Waals surface area contributed by atoms with Crippen LogP contribution in [0.4, 0.5) is 0 Å². The van der Waals surface area contributed by atoms with Gasteiger partial charge in [0, 0.05) is 12.8 Å². The Morgan fingerprint density at radius 3 is 1.61 bits per heavy atom. The zero-order valence-electron chi connectivity index (χ0n) is 12.8. The van der Waals surface area contributed by atoms with Crippen molar-refractivity contribution in [3.05, 3.63) is 0 Å². The van der Waals surface area contributed by atoms with Crippen LogP contribution in [-0.4, -0.2) is 19.0 Å². The van der Waals surface area contributed by atoms with E-state index in [1.165, 1.54) is 19.3 Å². The molecule has 0 heterocycles. The maximum absolute atomic E-state index is 6.14. The molecule has 0 radical (unpaired) electrons. The highest BCUT2D eigenvalue weighted by Gasteiger charge is 2.33. The molecule has 0 saturated heterocycles. The van der Waals surface area contributed by atoms with Crippen LogP contribution in [0.3, 0.4) is 0 Å². The Hall–Kier alpha value is -0.0800. The molecule has 1 aliphatic rings. The van der Waals surface area contributed by atoms with Gasteiger partial charge < -0.3 is 9.47 Å². The summed E-state index contributed by atoms with van der Waals surface area (Å²) in [6, 6.07) is 0. The highest BCUT2D eigenvalue weighted by molar-refractivity contribution is 4.75. The molecular formula is C16H32O2. The molecule has 2 heteroatoms. The number of rotatable bonds is 8. The quantitative estimate of drug-likeness (QED) is 0.582. The van der Waals surface area contributed by atoms with Crippen molar-refractivity contribution in [1.82, 2.24) is 0 Å². The lowest BCUT2D eigenvalue weighted by Crippen LogP contribution is -2.39. The summed E-state index contributed by atoms with van der Waals surface area (Å²) in [7, 11) is 0. The Bertz CT molecular complexity index is 189. The van der Waals surface area contributed by atoms with Gasteiger partial charge in [0.25, 0.3) is 0 Å². The molecule has 108 valence electrons. The molecule has 1 fully saturated rings. The third kappa shape index (κ3) is 6.19. The summed E-state index contributed by atoms with van der Waals surface area (Å²) in [5, 5.41) is 0. The molecule has 0 aromatic carbocycles. The molecule has 18 heavy (non-hydrogen) atoms. The molecule has 1 aliphatic carbocycles. The van der Waals surface area contributed by atoms with Crippen molar-refractivity contribution < 1.29 is 9.47 Å². The highest BCUT2D eigenvalue weighted by Crippen LogP contribution is 2.33. The van der Waals surface area contributed by atoms with Gasteiger partial charge in [-0.15, -0.1) is 0 Å². The first-order valence-electron chi connectivity index (χ1n) is 7.82. The first-order chi connectivity index (χ1) is 8.54. The summed E-state index contributed by atoms with van der Waals surface area (Å²) in [5.41, 5.74) is 0. The van der Waals surface area contributed by atoms with Crippen LogP contribution in [0.15, 0.2) is 0 Å². The maximum Gasteiger partial charge on any atom is 0.168 e. The lowest BCUT2D eigenvalue weighted by molar-refractivity contribution is -0.254. The second-order valence-electron chi connectivity index (χ2n) is 6.53. The largest absolute Gasteiger partial charge is 0.350 e. The summed E-state index contributed by atoms with van der Waals surface area (Å²) >= 11 is 0. The second-order valence-corrected chi connectivity index (χ2v) is 6.53. The van der Waals surface area contributed by atoms with Gasteiger partial charge in [-0.3, -0.25) is 0 Å². The third-order valence-electron chi connectivity index (χ3n) is 3.74. The minimum atomic E-state index is -0.248. The molecule has 0 aromatic rings. The Morgan fingerprint density at radius 1 is 0.778 bits per heavy atom. The van der Waals surface area contributed by atoms with Gasteiger partial charge >= 0.3 is 0 Å². The van der Waals surface area contributed by atoms with Gasteiger partial charge in [-0.25, -0.2) is 0 Å². The van der Waals surface area contributed by atoms with E-state index >= 15 is 0 Å². The summed E-state index contributed by atoms with van der Waals surface area (Å²) in [6.45, 7) is 10.7. The third-order valence-corrected chi connectivity index (χ3v) is 3.74. The number of hydrogen-bond donors (Lipinski definition) is 0. The van der Waals surface area contributed by atoms with Crippen molar-refractivity contribution in [2.24, 2.45) is 11.8 Å². The van der Waals surface area contributed by atoms with Crippen LogP contribution >= 0.6 is 0 Å². The SMILES string of the molecule is CC(C)CCOC1(OCCC(C)C)CCCCC1. The normalized spacial score (nSPS) is 19.7. The first-order valence-corrected chi connectivity index (χ1v) is 7.82. The zero-order valence-corrected chi connectivity index (χ0v) is 12.8. The number of ether oxygens (including phenoxy) is 2. The molecule has 0 aliphatic heterocycles. The molecule has 1 rings (SSSR count). The van der Waals surface area contributed by atoms with E-state index in [4.69, 9.17) is 9.47 Å². The topological polar surface area (TPSA) is 18.5 Å². The molecule has 0 N–H and O–H groups in total. The van der Waals surface area contributed by atoms with Crippen LogP contribution in [0, 0.1) is 11.8 Å². The second kappa shape index (κ2) is 8.16. The van der Waals surface area contributed by atoms with Gasteiger partial charge in [-0.1, -0.05) is 34.1 Å². The summed E-state index contributed by atoms with van der Waals surface area (Å²) in [5.74, 6) is 1.17. The maximum atomic E-state index is 6.14. The fraction of sp³-hybridized carbons (Fsp3) is 1.00. The fourth-order valence-electron chi connectivity index (χ4n) is 2.38. The lowest BCUT2D eigenvalue weighted by Gasteiger charge is -2.37. The molecule has 2 nitrogen and oxygen atoms in total. The standard InChI is InChI=1S/C16H32O2/c1-14(2)8-12-17-16(10-6-5-7-11-16)18-13-9-15(3)4/h14-15H,5-13H2,1-4H3. The summed E-state index contributed by atoms with van der Waals surface area (Å²) in [6.07, 6.45) is 8.28. The van der Waals surface area contributed by atoms with Gasteiger partial charge in [0.2, 0.25) is 0 Å². The zero-order chi connectivity index (χ0) is 13.4. The van der Waals surface area contributed by atoms with E-state index in [0.29, 0.717) is 11.8 Å². The van der Waals surface area contributed by atoms with E-state index in [2.05, 4.69) is 27.7 Å². The fourth-order valence-corrected chi connectivity index (χ4v) is 2.38. The van der Waals surface area contributed by atoms with E-state index in [9.17, 15) is 0 Å². The molecule has 0 atom stereocenters.